The Morgan fingerprint density at radius 2 is 2.13 bits per heavy atom. The van der Waals surface area contributed by atoms with Crippen LogP contribution < -0.4 is 5.32 Å². The zero-order valence-electron chi connectivity index (χ0n) is 9.95. The molecular weight excluding hydrogens is 194 g/mol. The Morgan fingerprint density at radius 1 is 1.47 bits per heavy atom. The summed E-state index contributed by atoms with van der Waals surface area (Å²) < 4.78 is 4.96. The fourth-order valence-corrected chi connectivity index (χ4v) is 1.46. The highest BCUT2D eigenvalue weighted by Crippen LogP contribution is 2.03. The molecule has 0 aliphatic heterocycles. The first-order valence-electron chi connectivity index (χ1n) is 5.49. The molecule has 90 valence electrons. The van der Waals surface area contributed by atoms with Gasteiger partial charge in [0, 0.05) is 32.8 Å². The van der Waals surface area contributed by atoms with E-state index in [4.69, 9.17) is 9.84 Å². The van der Waals surface area contributed by atoms with Crippen LogP contribution in [0.3, 0.4) is 0 Å². The quantitative estimate of drug-likeness (QED) is 0.636. The summed E-state index contributed by atoms with van der Waals surface area (Å²) in [7, 11) is 1.64. The predicted molar refractivity (Wildman–Crippen MR) is 59.6 cm³/mol. The Kier molecular flexibility index (Phi) is 8.33. The molecule has 2 unspecified atom stereocenters. The van der Waals surface area contributed by atoms with E-state index in [-0.39, 0.29) is 24.5 Å². The normalized spacial score (nSPS) is 14.7. The van der Waals surface area contributed by atoms with Gasteiger partial charge in [0.2, 0.25) is 5.91 Å². The van der Waals surface area contributed by atoms with Crippen molar-refractivity contribution in [2.45, 2.75) is 39.2 Å². The van der Waals surface area contributed by atoms with E-state index >= 15 is 0 Å². The Bertz CT molecular complexity index is 173. The van der Waals surface area contributed by atoms with Gasteiger partial charge in [-0.15, -0.1) is 0 Å². The highest BCUT2D eigenvalue weighted by Gasteiger charge is 2.11. The van der Waals surface area contributed by atoms with E-state index in [9.17, 15) is 4.79 Å². The summed E-state index contributed by atoms with van der Waals surface area (Å²) in [5, 5.41) is 11.5. The summed E-state index contributed by atoms with van der Waals surface area (Å²) in [6.07, 6.45) is 2.05. The number of aliphatic hydroxyl groups excluding tert-OH is 1. The Labute approximate surface area is 92.0 Å². The number of rotatable bonds is 8. The number of carbonyl (C=O) groups is 1. The third-order valence-corrected chi connectivity index (χ3v) is 2.19. The molecule has 0 radical (unpaired) electrons. The second kappa shape index (κ2) is 8.68. The van der Waals surface area contributed by atoms with Crippen molar-refractivity contribution in [3.63, 3.8) is 0 Å². The van der Waals surface area contributed by atoms with Gasteiger partial charge in [-0.25, -0.2) is 0 Å². The minimum Gasteiger partial charge on any atom is -0.396 e. The number of ether oxygens (including phenoxy) is 1. The zero-order chi connectivity index (χ0) is 11.7. The molecule has 0 aromatic rings. The van der Waals surface area contributed by atoms with Crippen LogP contribution in [0, 0.1) is 5.92 Å². The molecular formula is C11H23NO3. The maximum atomic E-state index is 11.5. The maximum Gasteiger partial charge on any atom is 0.220 e. The molecule has 0 saturated carbocycles. The lowest BCUT2D eigenvalue weighted by molar-refractivity contribution is -0.122. The van der Waals surface area contributed by atoms with Crippen molar-refractivity contribution < 1.29 is 14.6 Å². The first kappa shape index (κ1) is 14.4. The first-order chi connectivity index (χ1) is 7.10. The van der Waals surface area contributed by atoms with Crippen LogP contribution in [-0.4, -0.2) is 37.4 Å². The molecule has 0 aromatic heterocycles. The van der Waals surface area contributed by atoms with Crippen LogP contribution in [-0.2, 0) is 9.53 Å². The molecule has 0 heterocycles. The predicted octanol–water partition coefficient (Wildman–Crippen LogP) is 0.936. The van der Waals surface area contributed by atoms with Crippen molar-refractivity contribution >= 4 is 5.91 Å². The molecule has 2 atom stereocenters. The molecule has 0 rings (SSSR count). The minimum atomic E-state index is 0.0602. The molecule has 1 amide bonds. The Morgan fingerprint density at radius 3 is 2.67 bits per heavy atom. The molecule has 15 heavy (non-hydrogen) atoms. The van der Waals surface area contributed by atoms with Gasteiger partial charge in [-0.1, -0.05) is 6.92 Å². The van der Waals surface area contributed by atoms with Crippen LogP contribution in [0.4, 0.5) is 0 Å². The van der Waals surface area contributed by atoms with Gasteiger partial charge in [-0.05, 0) is 25.7 Å². The topological polar surface area (TPSA) is 58.6 Å². The van der Waals surface area contributed by atoms with Gasteiger partial charge in [-0.2, -0.15) is 0 Å². The maximum absolute atomic E-state index is 11.5. The smallest absolute Gasteiger partial charge is 0.220 e. The van der Waals surface area contributed by atoms with Gasteiger partial charge in [-0.3, -0.25) is 4.79 Å². The lowest BCUT2D eigenvalue weighted by atomic mass is 10.1. The number of carbonyl (C=O) groups excluding carboxylic acids is 1. The summed E-state index contributed by atoms with van der Waals surface area (Å²) in [4.78, 5) is 11.5. The van der Waals surface area contributed by atoms with Gasteiger partial charge in [0.25, 0.3) is 0 Å². The van der Waals surface area contributed by atoms with E-state index in [0.29, 0.717) is 13.0 Å². The summed E-state index contributed by atoms with van der Waals surface area (Å²) in [6, 6.07) is 0.138. The van der Waals surface area contributed by atoms with Crippen LogP contribution in [0.1, 0.15) is 33.1 Å². The molecule has 4 nitrogen and oxygen atoms in total. The number of methoxy groups -OCH3 is 1. The van der Waals surface area contributed by atoms with Crippen molar-refractivity contribution in [1.29, 1.82) is 0 Å². The molecule has 0 aliphatic carbocycles. The number of nitrogens with one attached hydrogen (secondary N) is 1. The average Bonchev–Trinajstić information content (AvgIpc) is 2.14. The SMILES string of the molecule is COCC(C)CC(=O)NC(C)CCCO. The zero-order valence-corrected chi connectivity index (χ0v) is 9.95. The van der Waals surface area contributed by atoms with Crippen molar-refractivity contribution in [3.05, 3.63) is 0 Å². The van der Waals surface area contributed by atoms with Crippen LogP contribution in [0.2, 0.25) is 0 Å². The fraction of sp³-hybridized carbons (Fsp3) is 0.909. The van der Waals surface area contributed by atoms with E-state index in [1.165, 1.54) is 0 Å². The number of hydrogen-bond donors (Lipinski definition) is 2. The van der Waals surface area contributed by atoms with Crippen LogP contribution in [0.5, 0.6) is 0 Å². The van der Waals surface area contributed by atoms with Gasteiger partial charge < -0.3 is 15.2 Å². The lowest BCUT2D eigenvalue weighted by Crippen LogP contribution is -2.34. The van der Waals surface area contributed by atoms with E-state index in [0.717, 1.165) is 12.8 Å². The number of amides is 1. The van der Waals surface area contributed by atoms with Crippen molar-refractivity contribution in [1.82, 2.24) is 5.32 Å². The monoisotopic (exact) mass is 217 g/mol. The van der Waals surface area contributed by atoms with E-state index in [2.05, 4.69) is 5.32 Å². The van der Waals surface area contributed by atoms with E-state index < -0.39 is 0 Å². The summed E-state index contributed by atoms with van der Waals surface area (Å²) >= 11 is 0. The molecule has 0 aromatic carbocycles. The minimum absolute atomic E-state index is 0.0602. The highest BCUT2D eigenvalue weighted by atomic mass is 16.5. The molecule has 0 bridgehead atoms. The summed E-state index contributed by atoms with van der Waals surface area (Å²) in [5.74, 6) is 0.310. The second-order valence-electron chi connectivity index (χ2n) is 4.10. The van der Waals surface area contributed by atoms with Gasteiger partial charge in [0.1, 0.15) is 0 Å². The molecule has 0 spiro atoms. The van der Waals surface area contributed by atoms with Gasteiger partial charge in [0.05, 0.1) is 0 Å². The van der Waals surface area contributed by atoms with Gasteiger partial charge >= 0.3 is 0 Å². The standard InChI is InChI=1S/C11H23NO3/c1-9(8-15-3)7-11(14)12-10(2)5-4-6-13/h9-10,13H,4-8H2,1-3H3,(H,12,14). The second-order valence-corrected chi connectivity index (χ2v) is 4.10. The average molecular weight is 217 g/mol. The Balaban J connectivity index is 3.63. The number of aliphatic hydroxyl groups is 1. The van der Waals surface area contributed by atoms with Gasteiger partial charge in [0.15, 0.2) is 0 Å². The van der Waals surface area contributed by atoms with Crippen molar-refractivity contribution in [3.8, 4) is 0 Å². The molecule has 0 saturated heterocycles. The Hall–Kier alpha value is -0.610. The third-order valence-electron chi connectivity index (χ3n) is 2.19. The van der Waals surface area contributed by atoms with Crippen LogP contribution in [0.25, 0.3) is 0 Å². The molecule has 4 heteroatoms. The summed E-state index contributed by atoms with van der Waals surface area (Å²) in [6.45, 7) is 4.73. The van der Waals surface area contributed by atoms with E-state index in [1.807, 2.05) is 13.8 Å². The van der Waals surface area contributed by atoms with E-state index in [1.54, 1.807) is 7.11 Å². The van der Waals surface area contributed by atoms with Crippen LogP contribution in [0.15, 0.2) is 0 Å². The molecule has 0 fully saturated rings. The lowest BCUT2D eigenvalue weighted by Gasteiger charge is -2.15. The molecule has 2 N–H and O–H groups in total. The largest absolute Gasteiger partial charge is 0.396 e. The molecule has 0 aliphatic rings. The van der Waals surface area contributed by atoms with Crippen molar-refractivity contribution in [2.24, 2.45) is 5.92 Å². The fourth-order valence-electron chi connectivity index (χ4n) is 1.46. The number of hydrogen-bond acceptors (Lipinski definition) is 3. The third kappa shape index (κ3) is 8.39. The summed E-state index contributed by atoms with van der Waals surface area (Å²) in [5.41, 5.74) is 0. The van der Waals surface area contributed by atoms with Crippen molar-refractivity contribution in [2.75, 3.05) is 20.3 Å². The highest BCUT2D eigenvalue weighted by molar-refractivity contribution is 5.76. The first-order valence-corrected chi connectivity index (χ1v) is 5.49. The van der Waals surface area contributed by atoms with Crippen LogP contribution >= 0.6 is 0 Å².